The minimum atomic E-state index is -0.0295. The number of nitrogen functional groups attached to an aromatic ring is 1. The highest BCUT2D eigenvalue weighted by Crippen LogP contribution is 2.18. The largest absolute Gasteiger partial charge is 0.396 e. The Morgan fingerprint density at radius 1 is 1.46 bits per heavy atom. The summed E-state index contributed by atoms with van der Waals surface area (Å²) in [5.74, 6) is 6.23. The van der Waals surface area contributed by atoms with Gasteiger partial charge in [-0.15, -0.1) is 0 Å². The van der Waals surface area contributed by atoms with Crippen LogP contribution >= 0.6 is 0 Å². The summed E-state index contributed by atoms with van der Waals surface area (Å²) in [6, 6.07) is 5.20. The van der Waals surface area contributed by atoms with Crippen LogP contribution in [-0.2, 0) is 0 Å². The van der Waals surface area contributed by atoms with Crippen molar-refractivity contribution in [1.82, 2.24) is 9.97 Å². The number of carbonyl (C=O) groups is 1. The van der Waals surface area contributed by atoms with E-state index in [4.69, 9.17) is 16.2 Å². The highest BCUT2D eigenvalue weighted by atomic mass is 16.3. The molecular weight excluding hydrogens is 330 g/mol. The van der Waals surface area contributed by atoms with E-state index >= 15 is 0 Å². The lowest BCUT2D eigenvalue weighted by atomic mass is 10.0. The molecule has 0 aliphatic carbocycles. The van der Waals surface area contributed by atoms with E-state index in [0.29, 0.717) is 29.1 Å². The summed E-state index contributed by atoms with van der Waals surface area (Å²) in [5.41, 5.74) is 8.29. The van der Waals surface area contributed by atoms with Crippen LogP contribution in [0.2, 0.25) is 0 Å². The SMILES string of the molecule is Cc1ccc(C=O)cc1C#CC(=N)c1c(N)ncnc1NC[C@H](C)CO. The van der Waals surface area contributed by atoms with E-state index in [0.717, 1.165) is 11.8 Å². The predicted octanol–water partition coefficient (Wildman–Crippen LogP) is 1.64. The van der Waals surface area contributed by atoms with Gasteiger partial charge in [-0.2, -0.15) is 0 Å². The summed E-state index contributed by atoms with van der Waals surface area (Å²) in [6.45, 7) is 4.27. The van der Waals surface area contributed by atoms with E-state index in [1.165, 1.54) is 6.33 Å². The van der Waals surface area contributed by atoms with E-state index in [9.17, 15) is 4.79 Å². The molecule has 0 bridgehead atoms. The van der Waals surface area contributed by atoms with Crippen LogP contribution < -0.4 is 11.1 Å². The van der Waals surface area contributed by atoms with Crippen molar-refractivity contribution in [2.75, 3.05) is 24.2 Å². The van der Waals surface area contributed by atoms with Crippen molar-refractivity contribution in [2.24, 2.45) is 5.92 Å². The topological polar surface area (TPSA) is 125 Å². The molecule has 134 valence electrons. The zero-order chi connectivity index (χ0) is 19.1. The molecule has 0 amide bonds. The lowest BCUT2D eigenvalue weighted by Gasteiger charge is -2.13. The van der Waals surface area contributed by atoms with Crippen molar-refractivity contribution in [3.8, 4) is 11.8 Å². The molecule has 1 heterocycles. The van der Waals surface area contributed by atoms with Gasteiger partial charge in [0.05, 0.1) is 5.56 Å². The molecule has 0 aliphatic heterocycles. The maximum atomic E-state index is 10.9. The zero-order valence-corrected chi connectivity index (χ0v) is 14.7. The van der Waals surface area contributed by atoms with E-state index in [-0.39, 0.29) is 24.1 Å². The Kier molecular flexibility index (Phi) is 6.42. The van der Waals surface area contributed by atoms with Gasteiger partial charge >= 0.3 is 0 Å². The van der Waals surface area contributed by atoms with Crippen molar-refractivity contribution >= 4 is 23.6 Å². The van der Waals surface area contributed by atoms with Gasteiger partial charge in [-0.3, -0.25) is 10.2 Å². The Morgan fingerprint density at radius 3 is 2.92 bits per heavy atom. The second-order valence-electron chi connectivity index (χ2n) is 5.97. The lowest BCUT2D eigenvalue weighted by Crippen LogP contribution is -2.18. The third kappa shape index (κ3) is 4.65. The summed E-state index contributed by atoms with van der Waals surface area (Å²) in [6.07, 6.45) is 2.06. The Balaban J connectivity index is 2.32. The number of nitrogens with two attached hydrogens (primary N) is 1. The Bertz CT molecular complexity index is 883. The van der Waals surface area contributed by atoms with Gasteiger partial charge in [0.15, 0.2) is 0 Å². The molecule has 0 saturated carbocycles. The number of hydrogen-bond donors (Lipinski definition) is 4. The number of aromatic nitrogens is 2. The molecule has 1 aromatic carbocycles. The average molecular weight is 351 g/mol. The molecule has 0 saturated heterocycles. The number of aryl methyl sites for hydroxylation is 1. The van der Waals surface area contributed by atoms with Gasteiger partial charge in [-0.1, -0.05) is 25.0 Å². The minimum absolute atomic E-state index is 0.0213. The van der Waals surface area contributed by atoms with Crippen LogP contribution in [0.3, 0.4) is 0 Å². The predicted molar refractivity (Wildman–Crippen MR) is 101 cm³/mol. The molecule has 1 aromatic heterocycles. The van der Waals surface area contributed by atoms with Crippen molar-refractivity contribution in [3.63, 3.8) is 0 Å². The first kappa shape index (κ1) is 19.1. The van der Waals surface area contributed by atoms with Gasteiger partial charge in [-0.05, 0) is 30.4 Å². The fraction of sp³-hybridized carbons (Fsp3) is 0.263. The second kappa shape index (κ2) is 8.74. The van der Waals surface area contributed by atoms with Gasteiger partial charge in [0.25, 0.3) is 0 Å². The number of aliphatic hydroxyl groups excluding tert-OH is 1. The molecule has 7 heteroatoms. The Morgan fingerprint density at radius 2 is 2.23 bits per heavy atom. The Labute approximate surface area is 152 Å². The van der Waals surface area contributed by atoms with Crippen LogP contribution in [0.25, 0.3) is 0 Å². The van der Waals surface area contributed by atoms with Gasteiger partial charge in [0.1, 0.15) is 30.0 Å². The van der Waals surface area contributed by atoms with Crippen LogP contribution in [0.1, 0.15) is 34.0 Å². The molecule has 7 nitrogen and oxygen atoms in total. The number of benzene rings is 1. The first-order valence-corrected chi connectivity index (χ1v) is 8.08. The summed E-state index contributed by atoms with van der Waals surface area (Å²) in [4.78, 5) is 19.0. The smallest absolute Gasteiger partial charge is 0.150 e. The van der Waals surface area contributed by atoms with Crippen molar-refractivity contribution in [1.29, 1.82) is 5.41 Å². The standard InChI is InChI=1S/C19H21N5O2/c1-12(9-25)8-22-19-17(18(21)23-11-24-19)16(20)6-5-15-7-14(10-26)4-3-13(15)2/h3-4,7,10-12,20,25H,8-9H2,1-2H3,(H3,21,22,23,24)/t12-/m0/s1. The van der Waals surface area contributed by atoms with Gasteiger partial charge in [-0.25, -0.2) is 9.97 Å². The number of aldehydes is 1. The molecule has 2 rings (SSSR count). The van der Waals surface area contributed by atoms with Crippen LogP contribution in [0.15, 0.2) is 24.5 Å². The monoisotopic (exact) mass is 351 g/mol. The van der Waals surface area contributed by atoms with Crippen molar-refractivity contribution in [3.05, 3.63) is 46.8 Å². The van der Waals surface area contributed by atoms with E-state index in [1.54, 1.807) is 18.2 Å². The quantitative estimate of drug-likeness (QED) is 0.356. The number of nitrogens with zero attached hydrogens (tertiary/aromatic N) is 2. The van der Waals surface area contributed by atoms with Crippen LogP contribution in [0.4, 0.5) is 11.6 Å². The number of nitrogens with one attached hydrogen (secondary N) is 2. The maximum absolute atomic E-state index is 10.9. The summed E-state index contributed by atoms with van der Waals surface area (Å²) in [7, 11) is 0. The average Bonchev–Trinajstić information content (AvgIpc) is 2.65. The number of hydrogen-bond acceptors (Lipinski definition) is 7. The van der Waals surface area contributed by atoms with Gasteiger partial charge in [0.2, 0.25) is 0 Å². The summed E-state index contributed by atoms with van der Waals surface area (Å²) >= 11 is 0. The molecule has 0 radical (unpaired) electrons. The molecule has 0 aliphatic rings. The number of aliphatic hydroxyl groups is 1. The summed E-state index contributed by atoms with van der Waals surface area (Å²) < 4.78 is 0. The number of rotatable bonds is 6. The third-order valence-corrected chi connectivity index (χ3v) is 3.78. The van der Waals surface area contributed by atoms with E-state index in [1.807, 2.05) is 13.8 Å². The second-order valence-corrected chi connectivity index (χ2v) is 5.97. The molecular formula is C19H21N5O2. The molecule has 26 heavy (non-hydrogen) atoms. The molecule has 0 spiro atoms. The lowest BCUT2D eigenvalue weighted by molar-refractivity contribution is 0.112. The molecule has 1 atom stereocenters. The molecule has 2 aromatic rings. The first-order valence-electron chi connectivity index (χ1n) is 8.08. The van der Waals surface area contributed by atoms with Crippen LogP contribution in [0.5, 0.6) is 0 Å². The summed E-state index contributed by atoms with van der Waals surface area (Å²) in [5, 5.41) is 20.5. The number of anilines is 2. The first-order chi connectivity index (χ1) is 12.5. The zero-order valence-electron chi connectivity index (χ0n) is 14.7. The van der Waals surface area contributed by atoms with Crippen LogP contribution in [0, 0.1) is 30.1 Å². The normalized spacial score (nSPS) is 11.2. The van der Waals surface area contributed by atoms with Crippen LogP contribution in [-0.4, -0.2) is 40.2 Å². The maximum Gasteiger partial charge on any atom is 0.150 e. The fourth-order valence-electron chi connectivity index (χ4n) is 2.16. The highest BCUT2D eigenvalue weighted by molar-refractivity contribution is 6.16. The Hall–Kier alpha value is -3.24. The van der Waals surface area contributed by atoms with Crippen molar-refractivity contribution < 1.29 is 9.90 Å². The molecule has 0 fully saturated rings. The molecule has 0 unspecified atom stereocenters. The van der Waals surface area contributed by atoms with Crippen molar-refractivity contribution in [2.45, 2.75) is 13.8 Å². The highest BCUT2D eigenvalue weighted by Gasteiger charge is 2.14. The molecule has 5 N–H and O–H groups in total. The van der Waals surface area contributed by atoms with Gasteiger partial charge < -0.3 is 16.2 Å². The van der Waals surface area contributed by atoms with E-state index in [2.05, 4.69) is 27.1 Å². The number of carbonyl (C=O) groups excluding carboxylic acids is 1. The van der Waals surface area contributed by atoms with E-state index < -0.39 is 0 Å². The third-order valence-electron chi connectivity index (χ3n) is 3.78. The fourth-order valence-corrected chi connectivity index (χ4v) is 2.16. The minimum Gasteiger partial charge on any atom is -0.396 e. The van der Waals surface area contributed by atoms with Gasteiger partial charge in [0, 0.05) is 24.3 Å².